The van der Waals surface area contributed by atoms with Crippen LogP contribution < -0.4 is 0 Å². The fourth-order valence-corrected chi connectivity index (χ4v) is 9.96. The molecule has 0 heterocycles. The van der Waals surface area contributed by atoms with E-state index in [1.165, 1.54) is 0 Å². The summed E-state index contributed by atoms with van der Waals surface area (Å²) in [5.74, 6) is 0. The Labute approximate surface area is 124 Å². The Morgan fingerprint density at radius 3 is 1.75 bits per heavy atom. The summed E-state index contributed by atoms with van der Waals surface area (Å²) in [6.45, 7) is 6.31. The third-order valence-corrected chi connectivity index (χ3v) is 10.8. The van der Waals surface area contributed by atoms with E-state index in [0.717, 1.165) is 37.4 Å². The van der Waals surface area contributed by atoms with Crippen LogP contribution in [-0.4, -0.2) is 16.7 Å². The summed E-state index contributed by atoms with van der Waals surface area (Å²) < 4.78 is 30.8. The monoisotopic (exact) mass is 314 g/mol. The van der Waals surface area contributed by atoms with Gasteiger partial charge in [-0.05, 0) is 30.3 Å². The molecule has 20 heavy (non-hydrogen) atoms. The minimum atomic E-state index is -3.62. The van der Waals surface area contributed by atoms with Crippen LogP contribution in [0.2, 0.25) is 18.1 Å². The summed E-state index contributed by atoms with van der Waals surface area (Å²) in [4.78, 5) is 0.278. The first kappa shape index (κ1) is 17.4. The van der Waals surface area contributed by atoms with Crippen LogP contribution in [0.4, 0.5) is 0 Å². The third-order valence-electron chi connectivity index (χ3n) is 3.44. The second kappa shape index (κ2) is 7.95. The maximum absolute atomic E-state index is 12.5. The highest BCUT2D eigenvalue weighted by Gasteiger charge is 2.38. The molecule has 1 rings (SSSR count). The van der Waals surface area contributed by atoms with Crippen molar-refractivity contribution < 1.29 is 12.3 Å². The summed E-state index contributed by atoms with van der Waals surface area (Å²) in [6, 6.07) is 11.3. The van der Waals surface area contributed by atoms with Crippen molar-refractivity contribution in [2.45, 2.75) is 63.1 Å². The van der Waals surface area contributed by atoms with E-state index in [4.69, 9.17) is 3.87 Å². The van der Waals surface area contributed by atoms with Crippen molar-refractivity contribution in [3.8, 4) is 0 Å². The van der Waals surface area contributed by atoms with Crippen molar-refractivity contribution in [2.24, 2.45) is 0 Å². The topological polar surface area (TPSA) is 43.4 Å². The maximum Gasteiger partial charge on any atom is 0.287 e. The zero-order valence-corrected chi connectivity index (χ0v) is 14.6. The van der Waals surface area contributed by atoms with Crippen LogP contribution in [0, 0.1) is 0 Å². The zero-order chi connectivity index (χ0) is 15.1. The maximum atomic E-state index is 12.5. The molecule has 0 amide bonds. The van der Waals surface area contributed by atoms with Crippen LogP contribution in [0.5, 0.6) is 0 Å². The average molecular weight is 315 g/mol. The molecule has 0 aliphatic rings. The zero-order valence-electron chi connectivity index (χ0n) is 12.8. The van der Waals surface area contributed by atoms with Crippen molar-refractivity contribution in [3.05, 3.63) is 30.3 Å². The predicted octanol–water partition coefficient (Wildman–Crippen LogP) is 4.57. The number of benzene rings is 1. The molecule has 0 atom stereocenters. The van der Waals surface area contributed by atoms with Crippen LogP contribution in [0.1, 0.15) is 40.0 Å². The molecule has 0 fully saturated rings. The molecule has 0 bridgehead atoms. The Kier molecular flexibility index (Phi) is 6.92. The lowest BCUT2D eigenvalue weighted by Crippen LogP contribution is -2.40. The lowest BCUT2D eigenvalue weighted by atomic mass is 10.4. The van der Waals surface area contributed by atoms with E-state index < -0.39 is 18.4 Å². The van der Waals surface area contributed by atoms with Gasteiger partial charge in [0.05, 0.1) is 4.90 Å². The van der Waals surface area contributed by atoms with Crippen molar-refractivity contribution in [3.63, 3.8) is 0 Å². The molecule has 5 heteroatoms. The van der Waals surface area contributed by atoms with E-state index in [-0.39, 0.29) is 4.90 Å². The molecule has 0 radical (unpaired) electrons. The summed E-state index contributed by atoms with van der Waals surface area (Å²) in [7, 11) is -5.82. The number of hydrogen-bond acceptors (Lipinski definition) is 3. The quantitative estimate of drug-likeness (QED) is 0.627. The molecule has 0 aromatic heterocycles. The molecule has 0 aliphatic heterocycles. The third kappa shape index (κ3) is 4.72. The van der Waals surface area contributed by atoms with Gasteiger partial charge in [0.1, 0.15) is 0 Å². The number of rotatable bonds is 9. The fraction of sp³-hybridized carbons (Fsp3) is 0.600. The average Bonchev–Trinajstić information content (AvgIpc) is 2.40. The molecule has 114 valence electrons. The van der Waals surface area contributed by atoms with Gasteiger partial charge in [0.15, 0.2) is 0 Å². The molecule has 3 nitrogen and oxygen atoms in total. The lowest BCUT2D eigenvalue weighted by Gasteiger charge is -2.30. The van der Waals surface area contributed by atoms with E-state index >= 15 is 0 Å². The Balaban J connectivity index is 3.04. The van der Waals surface area contributed by atoms with Crippen molar-refractivity contribution in [2.75, 3.05) is 0 Å². The highest BCUT2D eigenvalue weighted by molar-refractivity contribution is 7.87. The van der Waals surface area contributed by atoms with E-state index in [2.05, 4.69) is 20.8 Å². The minimum absolute atomic E-state index is 0.278. The van der Waals surface area contributed by atoms with Gasteiger partial charge in [-0.15, -0.1) is 0 Å². The smallest absolute Gasteiger partial charge is 0.287 e. The van der Waals surface area contributed by atoms with E-state index in [0.29, 0.717) is 0 Å². The van der Waals surface area contributed by atoms with Crippen molar-refractivity contribution in [1.82, 2.24) is 0 Å². The summed E-state index contributed by atoms with van der Waals surface area (Å²) in [5, 5.41) is 0. The van der Waals surface area contributed by atoms with Crippen LogP contribution in [0.3, 0.4) is 0 Å². The second-order valence-electron chi connectivity index (χ2n) is 5.28. The van der Waals surface area contributed by atoms with Gasteiger partial charge in [-0.3, -0.25) is 0 Å². The predicted molar refractivity (Wildman–Crippen MR) is 85.8 cm³/mol. The van der Waals surface area contributed by atoms with Gasteiger partial charge in [-0.2, -0.15) is 8.42 Å². The molecule has 0 aliphatic carbocycles. The molecule has 0 unspecified atom stereocenters. The van der Waals surface area contributed by atoms with E-state index in [1.807, 2.05) is 6.07 Å². The van der Waals surface area contributed by atoms with Crippen LogP contribution in [0.15, 0.2) is 35.2 Å². The SMILES string of the molecule is CCC[Si](CCC)(CCC)OS(=O)(=O)c1ccccc1. The lowest BCUT2D eigenvalue weighted by molar-refractivity contribution is 0.469. The van der Waals surface area contributed by atoms with E-state index in [9.17, 15) is 8.42 Å². The second-order valence-corrected chi connectivity index (χ2v) is 11.2. The fourth-order valence-electron chi connectivity index (χ4n) is 2.73. The molecule has 0 saturated heterocycles. The molecule has 0 saturated carbocycles. The van der Waals surface area contributed by atoms with E-state index in [1.54, 1.807) is 24.3 Å². The first-order chi connectivity index (χ1) is 9.49. The minimum Gasteiger partial charge on any atom is -0.311 e. The van der Waals surface area contributed by atoms with Crippen LogP contribution in [-0.2, 0) is 14.0 Å². The Morgan fingerprint density at radius 2 is 1.35 bits per heavy atom. The number of hydrogen-bond donors (Lipinski definition) is 0. The Hall–Kier alpha value is -0.653. The first-order valence-corrected chi connectivity index (χ1v) is 11.4. The van der Waals surface area contributed by atoms with Gasteiger partial charge >= 0.3 is 0 Å². The van der Waals surface area contributed by atoms with Gasteiger partial charge in [0.25, 0.3) is 10.1 Å². The van der Waals surface area contributed by atoms with Crippen molar-refractivity contribution in [1.29, 1.82) is 0 Å². The molecule has 1 aromatic carbocycles. The molecule has 1 aromatic rings. The van der Waals surface area contributed by atoms with Gasteiger partial charge in [-0.1, -0.05) is 58.2 Å². The van der Waals surface area contributed by atoms with Crippen LogP contribution in [0.25, 0.3) is 0 Å². The summed E-state index contributed by atoms with van der Waals surface area (Å²) in [6.07, 6.45) is 2.95. The van der Waals surface area contributed by atoms with Gasteiger partial charge < -0.3 is 3.87 Å². The summed E-state index contributed by atoms with van der Waals surface area (Å²) >= 11 is 0. The Morgan fingerprint density at radius 1 is 0.900 bits per heavy atom. The molecular formula is C15H26O3SSi. The summed E-state index contributed by atoms with van der Waals surface area (Å²) in [5.41, 5.74) is 0. The first-order valence-electron chi connectivity index (χ1n) is 7.50. The normalized spacial score (nSPS) is 12.6. The highest BCUT2D eigenvalue weighted by Crippen LogP contribution is 2.31. The molecular weight excluding hydrogens is 288 g/mol. The molecule has 0 N–H and O–H groups in total. The Bertz CT molecular complexity index is 468. The van der Waals surface area contributed by atoms with Gasteiger partial charge in [-0.25, -0.2) is 0 Å². The van der Waals surface area contributed by atoms with Crippen LogP contribution >= 0.6 is 0 Å². The molecule has 0 spiro atoms. The van der Waals surface area contributed by atoms with Gasteiger partial charge in [0, 0.05) is 0 Å². The standard InChI is InChI=1S/C15H26O3SSi/c1-4-12-20(13-5-2,14-6-3)18-19(16,17)15-10-8-7-9-11-15/h7-11H,4-6,12-14H2,1-3H3. The largest absolute Gasteiger partial charge is 0.311 e. The van der Waals surface area contributed by atoms with Crippen molar-refractivity contribution >= 4 is 18.4 Å². The highest BCUT2D eigenvalue weighted by atomic mass is 32.2. The van der Waals surface area contributed by atoms with Gasteiger partial charge in [0.2, 0.25) is 8.32 Å².